The maximum absolute atomic E-state index is 13.3. The molecule has 0 bridgehead atoms. The number of halogens is 3. The fourth-order valence-electron chi connectivity index (χ4n) is 3.89. The van der Waals surface area contributed by atoms with Crippen LogP contribution in [0.5, 0.6) is 0 Å². The lowest BCUT2D eigenvalue weighted by Gasteiger charge is -2.16. The van der Waals surface area contributed by atoms with Gasteiger partial charge in [0.05, 0.1) is 23.4 Å². The van der Waals surface area contributed by atoms with Crippen LogP contribution in [0.15, 0.2) is 53.5 Å². The van der Waals surface area contributed by atoms with Crippen LogP contribution in [0.1, 0.15) is 29.7 Å². The Kier molecular flexibility index (Phi) is 5.73. The molecule has 0 saturated heterocycles. The van der Waals surface area contributed by atoms with Crippen LogP contribution in [0.3, 0.4) is 0 Å². The molecule has 1 aliphatic rings. The van der Waals surface area contributed by atoms with Crippen molar-refractivity contribution >= 4 is 34.8 Å². The summed E-state index contributed by atoms with van der Waals surface area (Å²) in [4.78, 5) is 30.3. The minimum Gasteiger partial charge on any atom is -0.465 e. The van der Waals surface area contributed by atoms with Crippen molar-refractivity contribution in [1.82, 2.24) is 4.57 Å². The van der Waals surface area contributed by atoms with Crippen LogP contribution < -0.4 is 5.32 Å². The van der Waals surface area contributed by atoms with Crippen molar-refractivity contribution in [2.24, 2.45) is 4.99 Å². The van der Waals surface area contributed by atoms with E-state index in [-0.39, 0.29) is 12.3 Å². The second-order valence-electron chi connectivity index (χ2n) is 7.26. The average Bonchev–Trinajstić information content (AvgIpc) is 2.92. The highest BCUT2D eigenvalue weighted by atomic mass is 19.4. The fraction of sp³-hybridized carbons (Fsp3) is 0.261. The molecule has 0 radical (unpaired) electrons. The van der Waals surface area contributed by atoms with Gasteiger partial charge in [0.1, 0.15) is 5.92 Å². The number of hydrogen-bond donors (Lipinski definition) is 1. The first-order valence-electron chi connectivity index (χ1n) is 10.1. The first-order valence-corrected chi connectivity index (χ1v) is 10.1. The zero-order valence-corrected chi connectivity index (χ0v) is 17.1. The molecule has 3 aromatic rings. The van der Waals surface area contributed by atoms with Crippen molar-refractivity contribution in [3.8, 4) is 0 Å². The molecule has 32 heavy (non-hydrogen) atoms. The number of amides is 1. The second-order valence-corrected chi connectivity index (χ2v) is 7.26. The molecule has 1 atom stereocenters. The number of para-hydroxylation sites is 1. The second kappa shape index (κ2) is 8.49. The number of nitrogens with zero attached hydrogens (tertiary/aromatic N) is 2. The van der Waals surface area contributed by atoms with Gasteiger partial charge in [0.15, 0.2) is 0 Å². The van der Waals surface area contributed by atoms with E-state index in [2.05, 4.69) is 10.3 Å². The number of hydrogen-bond acceptors (Lipinski definition) is 4. The van der Waals surface area contributed by atoms with Crippen molar-refractivity contribution < 1.29 is 27.5 Å². The third-order valence-electron chi connectivity index (χ3n) is 5.27. The smallest absolute Gasteiger partial charge is 0.416 e. The van der Waals surface area contributed by atoms with Gasteiger partial charge in [-0.2, -0.15) is 13.2 Å². The Bertz CT molecular complexity index is 1200. The third-order valence-corrected chi connectivity index (χ3v) is 5.27. The molecule has 166 valence electrons. The fourth-order valence-corrected chi connectivity index (χ4v) is 3.89. The van der Waals surface area contributed by atoms with Crippen LogP contribution in [0, 0.1) is 0 Å². The van der Waals surface area contributed by atoms with Crippen LogP contribution >= 0.6 is 0 Å². The lowest BCUT2D eigenvalue weighted by atomic mass is 10.00. The van der Waals surface area contributed by atoms with Crippen LogP contribution in [-0.2, 0) is 22.1 Å². The summed E-state index contributed by atoms with van der Waals surface area (Å²) in [6.07, 6.45) is -2.45. The molecule has 0 spiro atoms. The highest BCUT2D eigenvalue weighted by Gasteiger charge is 2.33. The van der Waals surface area contributed by atoms with Gasteiger partial charge in [-0.1, -0.05) is 18.2 Å². The Morgan fingerprint density at radius 1 is 1.16 bits per heavy atom. The molecule has 1 aliphatic heterocycles. The molecule has 4 rings (SSSR count). The van der Waals surface area contributed by atoms with E-state index in [1.165, 1.54) is 22.9 Å². The molecular formula is C23H20F3N3O3. The maximum atomic E-state index is 13.3. The lowest BCUT2D eigenvalue weighted by molar-refractivity contribution is -0.143. The van der Waals surface area contributed by atoms with Crippen LogP contribution in [0.4, 0.5) is 23.7 Å². The highest BCUT2D eigenvalue weighted by Crippen LogP contribution is 2.34. The Morgan fingerprint density at radius 3 is 2.56 bits per heavy atom. The minimum absolute atomic E-state index is 0.177. The molecule has 1 unspecified atom stereocenters. The standard InChI is InChI=1S/C23H20F3N3O3/c1-2-32-21(30)18-13-27-12-11-17-16-5-3-4-6-19(16)29(20(17)18)22(31)28-15-9-7-14(8-10-15)23(24,25)26/h3-10,13,18H,2,11-12H2,1H3,(H,28,31). The number of nitrogens with one attached hydrogen (secondary N) is 1. The molecule has 1 aromatic heterocycles. The third kappa shape index (κ3) is 3.98. The number of fused-ring (bicyclic) bond motifs is 3. The molecule has 2 aromatic carbocycles. The van der Waals surface area contributed by atoms with E-state index in [0.29, 0.717) is 24.2 Å². The molecule has 6 nitrogen and oxygen atoms in total. The van der Waals surface area contributed by atoms with Gasteiger partial charge in [0.25, 0.3) is 0 Å². The number of aromatic nitrogens is 1. The van der Waals surface area contributed by atoms with Crippen molar-refractivity contribution in [3.05, 3.63) is 65.4 Å². The number of benzene rings is 2. The van der Waals surface area contributed by atoms with Gasteiger partial charge < -0.3 is 10.1 Å². The Labute approximate surface area is 181 Å². The summed E-state index contributed by atoms with van der Waals surface area (Å²) in [5.74, 6) is -1.40. The number of anilines is 1. The zero-order chi connectivity index (χ0) is 22.9. The van der Waals surface area contributed by atoms with E-state index in [9.17, 15) is 22.8 Å². The number of esters is 1. The normalized spacial score (nSPS) is 15.8. The SMILES string of the molecule is CCOC(=O)C1C=NCCc2c1n(C(=O)Nc1ccc(C(F)(F)F)cc1)c1ccccc21. The van der Waals surface area contributed by atoms with E-state index < -0.39 is 29.7 Å². The Balaban J connectivity index is 1.79. The zero-order valence-electron chi connectivity index (χ0n) is 17.1. The summed E-state index contributed by atoms with van der Waals surface area (Å²) in [6.45, 7) is 2.33. The molecule has 9 heteroatoms. The number of ether oxygens (including phenoxy) is 1. The number of aliphatic imine (C=N–C) groups is 1. The first-order chi connectivity index (χ1) is 15.3. The molecular weight excluding hydrogens is 423 g/mol. The number of carbonyl (C=O) groups excluding carboxylic acids is 2. The van der Waals surface area contributed by atoms with E-state index >= 15 is 0 Å². The number of rotatable bonds is 3. The van der Waals surface area contributed by atoms with Crippen molar-refractivity contribution in [3.63, 3.8) is 0 Å². The molecule has 0 aliphatic carbocycles. The van der Waals surface area contributed by atoms with Crippen LogP contribution in [0.2, 0.25) is 0 Å². The van der Waals surface area contributed by atoms with Crippen molar-refractivity contribution in [1.29, 1.82) is 0 Å². The highest BCUT2D eigenvalue weighted by molar-refractivity contribution is 6.05. The molecule has 1 amide bonds. The molecule has 1 N–H and O–H groups in total. The Morgan fingerprint density at radius 2 is 1.88 bits per heavy atom. The van der Waals surface area contributed by atoms with E-state index in [1.54, 1.807) is 19.1 Å². The van der Waals surface area contributed by atoms with E-state index in [4.69, 9.17) is 4.74 Å². The maximum Gasteiger partial charge on any atom is 0.416 e. The summed E-state index contributed by atoms with van der Waals surface area (Å²) in [5.41, 5.74) is 1.25. The van der Waals surface area contributed by atoms with E-state index in [0.717, 1.165) is 23.1 Å². The van der Waals surface area contributed by atoms with Gasteiger partial charge in [0, 0.05) is 23.8 Å². The van der Waals surface area contributed by atoms with Gasteiger partial charge >= 0.3 is 18.2 Å². The summed E-state index contributed by atoms with van der Waals surface area (Å²) >= 11 is 0. The number of carbonyl (C=O) groups is 2. The summed E-state index contributed by atoms with van der Waals surface area (Å²) in [7, 11) is 0. The molecule has 0 fully saturated rings. The van der Waals surface area contributed by atoms with Crippen LogP contribution in [-0.4, -0.2) is 35.9 Å². The monoisotopic (exact) mass is 443 g/mol. The van der Waals surface area contributed by atoms with Gasteiger partial charge in [-0.15, -0.1) is 0 Å². The minimum atomic E-state index is -4.47. The van der Waals surface area contributed by atoms with Crippen molar-refractivity contribution in [2.45, 2.75) is 25.4 Å². The number of alkyl halides is 3. The van der Waals surface area contributed by atoms with Gasteiger partial charge in [-0.25, -0.2) is 4.79 Å². The predicted octanol–water partition coefficient (Wildman–Crippen LogP) is 5.01. The summed E-state index contributed by atoms with van der Waals surface area (Å²) in [5, 5.41) is 3.45. The quantitative estimate of drug-likeness (QED) is 0.578. The predicted molar refractivity (Wildman–Crippen MR) is 114 cm³/mol. The van der Waals surface area contributed by atoms with E-state index in [1.807, 2.05) is 12.1 Å². The molecule has 0 saturated carbocycles. The van der Waals surface area contributed by atoms with Gasteiger partial charge in [-0.05, 0) is 49.2 Å². The van der Waals surface area contributed by atoms with Crippen molar-refractivity contribution in [2.75, 3.05) is 18.5 Å². The average molecular weight is 443 g/mol. The topological polar surface area (TPSA) is 72.7 Å². The van der Waals surface area contributed by atoms with Gasteiger partial charge in [-0.3, -0.25) is 14.4 Å². The summed E-state index contributed by atoms with van der Waals surface area (Å²) in [6, 6.07) is 10.8. The summed E-state index contributed by atoms with van der Waals surface area (Å²) < 4.78 is 45.1. The van der Waals surface area contributed by atoms with Gasteiger partial charge in [0.2, 0.25) is 0 Å². The first kappa shape index (κ1) is 21.6. The lowest BCUT2D eigenvalue weighted by Crippen LogP contribution is -2.27. The Hall–Kier alpha value is -3.62. The largest absolute Gasteiger partial charge is 0.465 e. The van der Waals surface area contributed by atoms with Crippen LogP contribution in [0.25, 0.3) is 10.9 Å². The molecule has 2 heterocycles.